The lowest BCUT2D eigenvalue weighted by atomic mass is 10.0. The van der Waals surface area contributed by atoms with Gasteiger partial charge in [0.15, 0.2) is 11.5 Å². The van der Waals surface area contributed by atoms with Gasteiger partial charge in [-0.3, -0.25) is 0 Å². The standard InChI is InChI=1S/C21H24N2O4/c1-14-5-3-4-6-17(14)20-11-23(15(2)12-25-20)21(24)22-10-16-7-8-18-19(9-16)27-13-26-18/h3-9,15,20H,10-13H2,1-2H3,(H,22,24)/t15-,20-/m0/s1. The molecule has 1 saturated heterocycles. The van der Waals surface area contributed by atoms with E-state index in [4.69, 9.17) is 14.2 Å². The maximum Gasteiger partial charge on any atom is 0.318 e. The molecule has 1 fully saturated rings. The summed E-state index contributed by atoms with van der Waals surface area (Å²) in [5.41, 5.74) is 3.29. The molecule has 0 bridgehead atoms. The van der Waals surface area contributed by atoms with Crippen molar-refractivity contribution in [2.45, 2.75) is 32.5 Å². The van der Waals surface area contributed by atoms with E-state index in [1.54, 1.807) is 0 Å². The summed E-state index contributed by atoms with van der Waals surface area (Å²) in [5, 5.41) is 3.01. The zero-order chi connectivity index (χ0) is 18.8. The van der Waals surface area contributed by atoms with Crippen molar-refractivity contribution in [1.29, 1.82) is 0 Å². The van der Waals surface area contributed by atoms with Crippen molar-refractivity contribution in [2.75, 3.05) is 19.9 Å². The third-order valence-electron chi connectivity index (χ3n) is 5.11. The van der Waals surface area contributed by atoms with Crippen molar-refractivity contribution >= 4 is 6.03 Å². The highest BCUT2D eigenvalue weighted by Gasteiger charge is 2.31. The molecule has 4 rings (SSSR count). The number of hydrogen-bond donors (Lipinski definition) is 1. The first-order chi connectivity index (χ1) is 13.1. The molecule has 1 N–H and O–H groups in total. The minimum atomic E-state index is -0.0984. The van der Waals surface area contributed by atoms with Crippen LogP contribution in [-0.2, 0) is 11.3 Å². The molecule has 6 heteroatoms. The van der Waals surface area contributed by atoms with Gasteiger partial charge in [0, 0.05) is 6.54 Å². The largest absolute Gasteiger partial charge is 0.454 e. The Morgan fingerprint density at radius 3 is 2.85 bits per heavy atom. The van der Waals surface area contributed by atoms with Gasteiger partial charge in [0.2, 0.25) is 6.79 Å². The Hall–Kier alpha value is -2.73. The normalized spacial score (nSPS) is 21.2. The molecule has 2 aromatic carbocycles. The Morgan fingerprint density at radius 1 is 1.19 bits per heavy atom. The van der Waals surface area contributed by atoms with E-state index in [-0.39, 0.29) is 25.0 Å². The zero-order valence-corrected chi connectivity index (χ0v) is 15.6. The van der Waals surface area contributed by atoms with Crippen molar-refractivity contribution in [3.63, 3.8) is 0 Å². The summed E-state index contributed by atoms with van der Waals surface area (Å²) in [6, 6.07) is 13.8. The van der Waals surface area contributed by atoms with E-state index < -0.39 is 0 Å². The summed E-state index contributed by atoms with van der Waals surface area (Å²) in [6.07, 6.45) is -0.0984. The highest BCUT2D eigenvalue weighted by molar-refractivity contribution is 5.74. The molecule has 6 nitrogen and oxygen atoms in total. The van der Waals surface area contributed by atoms with Gasteiger partial charge in [-0.2, -0.15) is 0 Å². The minimum absolute atomic E-state index is 0.0297. The lowest BCUT2D eigenvalue weighted by Gasteiger charge is -2.38. The van der Waals surface area contributed by atoms with Crippen LogP contribution in [0.4, 0.5) is 4.79 Å². The average Bonchev–Trinajstić information content (AvgIpc) is 3.15. The van der Waals surface area contributed by atoms with E-state index in [9.17, 15) is 4.79 Å². The fraction of sp³-hybridized carbons (Fsp3) is 0.381. The van der Waals surface area contributed by atoms with Crippen LogP contribution in [0, 0.1) is 6.92 Å². The SMILES string of the molecule is Cc1ccccc1[C@@H]1CN(C(=O)NCc2ccc3c(c2)OCO3)[C@@H](C)CO1. The number of rotatable bonds is 3. The summed E-state index contributed by atoms with van der Waals surface area (Å²) in [5.74, 6) is 1.47. The Labute approximate surface area is 159 Å². The predicted octanol–water partition coefficient (Wildman–Crippen LogP) is 3.40. The van der Waals surface area contributed by atoms with Gasteiger partial charge in [-0.25, -0.2) is 4.79 Å². The van der Waals surface area contributed by atoms with Crippen LogP contribution in [0.25, 0.3) is 0 Å². The molecule has 2 amide bonds. The third kappa shape index (κ3) is 3.71. The van der Waals surface area contributed by atoms with Crippen molar-refractivity contribution < 1.29 is 19.0 Å². The number of nitrogens with one attached hydrogen (secondary N) is 1. The Kier molecular flexibility index (Phi) is 4.90. The lowest BCUT2D eigenvalue weighted by molar-refractivity contribution is -0.0430. The Morgan fingerprint density at radius 2 is 2.00 bits per heavy atom. The lowest BCUT2D eigenvalue weighted by Crippen LogP contribution is -2.51. The van der Waals surface area contributed by atoms with Gasteiger partial charge in [0.05, 0.1) is 19.2 Å². The van der Waals surface area contributed by atoms with E-state index in [1.807, 2.05) is 42.2 Å². The van der Waals surface area contributed by atoms with Gasteiger partial charge in [0.1, 0.15) is 6.10 Å². The number of urea groups is 1. The topological polar surface area (TPSA) is 60.0 Å². The van der Waals surface area contributed by atoms with Crippen LogP contribution in [0.1, 0.15) is 29.7 Å². The Bertz CT molecular complexity index is 839. The van der Waals surface area contributed by atoms with E-state index >= 15 is 0 Å². The van der Waals surface area contributed by atoms with Gasteiger partial charge in [-0.1, -0.05) is 30.3 Å². The van der Waals surface area contributed by atoms with E-state index in [0.29, 0.717) is 19.7 Å². The molecular weight excluding hydrogens is 344 g/mol. The fourth-order valence-corrected chi connectivity index (χ4v) is 3.51. The van der Waals surface area contributed by atoms with Gasteiger partial charge >= 0.3 is 6.03 Å². The first-order valence-corrected chi connectivity index (χ1v) is 9.22. The summed E-state index contributed by atoms with van der Waals surface area (Å²) >= 11 is 0. The van der Waals surface area contributed by atoms with Crippen LogP contribution < -0.4 is 14.8 Å². The van der Waals surface area contributed by atoms with Crippen LogP contribution in [0.2, 0.25) is 0 Å². The molecular formula is C21H24N2O4. The molecule has 0 aromatic heterocycles. The van der Waals surface area contributed by atoms with Crippen molar-refractivity contribution in [3.05, 3.63) is 59.2 Å². The number of benzene rings is 2. The van der Waals surface area contributed by atoms with Crippen LogP contribution in [0.3, 0.4) is 0 Å². The molecule has 0 radical (unpaired) electrons. The fourth-order valence-electron chi connectivity index (χ4n) is 3.51. The molecule has 2 aromatic rings. The maximum atomic E-state index is 12.8. The van der Waals surface area contributed by atoms with Crippen molar-refractivity contribution in [1.82, 2.24) is 10.2 Å². The van der Waals surface area contributed by atoms with E-state index in [0.717, 1.165) is 22.6 Å². The smallest absolute Gasteiger partial charge is 0.318 e. The van der Waals surface area contributed by atoms with Gasteiger partial charge in [-0.15, -0.1) is 0 Å². The number of ether oxygens (including phenoxy) is 3. The number of aryl methyl sites for hydroxylation is 1. The summed E-state index contributed by atoms with van der Waals surface area (Å²) in [4.78, 5) is 14.6. The maximum absolute atomic E-state index is 12.8. The molecule has 0 saturated carbocycles. The van der Waals surface area contributed by atoms with Crippen LogP contribution >= 0.6 is 0 Å². The average molecular weight is 368 g/mol. The first-order valence-electron chi connectivity index (χ1n) is 9.22. The number of fused-ring (bicyclic) bond motifs is 1. The summed E-state index contributed by atoms with van der Waals surface area (Å²) < 4.78 is 16.7. The first kappa shape index (κ1) is 17.7. The molecule has 2 aliphatic rings. The highest BCUT2D eigenvalue weighted by Crippen LogP contribution is 2.32. The number of amides is 2. The third-order valence-corrected chi connectivity index (χ3v) is 5.11. The molecule has 2 aliphatic heterocycles. The van der Waals surface area contributed by atoms with E-state index in [1.165, 1.54) is 5.56 Å². The number of nitrogens with zero attached hydrogens (tertiary/aromatic N) is 1. The second-order valence-corrected chi connectivity index (χ2v) is 7.03. The molecule has 2 atom stereocenters. The quantitative estimate of drug-likeness (QED) is 0.902. The number of carbonyl (C=O) groups is 1. The molecule has 0 aliphatic carbocycles. The number of carbonyl (C=O) groups excluding carboxylic acids is 1. The number of hydrogen-bond acceptors (Lipinski definition) is 4. The molecule has 0 spiro atoms. The van der Waals surface area contributed by atoms with Gasteiger partial charge in [0.25, 0.3) is 0 Å². The molecule has 2 heterocycles. The summed E-state index contributed by atoms with van der Waals surface area (Å²) in [6.45, 7) is 5.83. The zero-order valence-electron chi connectivity index (χ0n) is 15.6. The second kappa shape index (κ2) is 7.48. The molecule has 0 unspecified atom stereocenters. The van der Waals surface area contributed by atoms with Gasteiger partial charge < -0.3 is 24.4 Å². The van der Waals surface area contributed by atoms with Gasteiger partial charge in [-0.05, 0) is 42.7 Å². The summed E-state index contributed by atoms with van der Waals surface area (Å²) in [7, 11) is 0. The monoisotopic (exact) mass is 368 g/mol. The van der Waals surface area contributed by atoms with Crippen molar-refractivity contribution in [3.8, 4) is 11.5 Å². The highest BCUT2D eigenvalue weighted by atomic mass is 16.7. The van der Waals surface area contributed by atoms with E-state index in [2.05, 4.69) is 24.4 Å². The van der Waals surface area contributed by atoms with Crippen LogP contribution in [0.5, 0.6) is 11.5 Å². The Balaban J connectivity index is 1.40. The number of morpholine rings is 1. The minimum Gasteiger partial charge on any atom is -0.454 e. The molecule has 27 heavy (non-hydrogen) atoms. The van der Waals surface area contributed by atoms with Crippen LogP contribution in [-0.4, -0.2) is 36.9 Å². The van der Waals surface area contributed by atoms with Crippen molar-refractivity contribution in [2.24, 2.45) is 0 Å². The predicted molar refractivity (Wildman–Crippen MR) is 101 cm³/mol. The van der Waals surface area contributed by atoms with Crippen LogP contribution in [0.15, 0.2) is 42.5 Å². The second-order valence-electron chi connectivity index (χ2n) is 7.03. The molecule has 142 valence electrons.